The Kier molecular flexibility index (Phi) is 12.6. The van der Waals surface area contributed by atoms with Crippen molar-refractivity contribution in [2.24, 2.45) is 11.8 Å². The fourth-order valence-corrected chi connectivity index (χ4v) is 10.4. The minimum Gasteiger partial charge on any atom is -0.357 e. The van der Waals surface area contributed by atoms with E-state index < -0.39 is 15.8 Å². The molecule has 16 heteroatoms. The number of sulfonamides is 1. The Morgan fingerprint density at radius 1 is 0.900 bits per heavy atom. The lowest BCUT2D eigenvalue weighted by Gasteiger charge is -2.39. The molecule has 0 spiro atoms. The van der Waals surface area contributed by atoms with Gasteiger partial charge in [0.15, 0.2) is 5.82 Å². The van der Waals surface area contributed by atoms with E-state index in [1.54, 1.807) is 37.6 Å². The maximum atomic E-state index is 16.0. The third-order valence-electron chi connectivity index (χ3n) is 12.7. The van der Waals surface area contributed by atoms with Gasteiger partial charge in [-0.3, -0.25) is 34.1 Å². The van der Waals surface area contributed by atoms with Gasteiger partial charge in [0.25, 0.3) is 0 Å². The first kappa shape index (κ1) is 41.5. The van der Waals surface area contributed by atoms with E-state index in [0.29, 0.717) is 49.5 Å². The second kappa shape index (κ2) is 18.2. The van der Waals surface area contributed by atoms with Gasteiger partial charge in [-0.05, 0) is 100 Å². The van der Waals surface area contributed by atoms with Crippen LogP contribution in [0, 0.1) is 17.7 Å². The fraction of sp³-hybridized carbons (Fsp3) is 0.500. The molecule has 318 valence electrons. The summed E-state index contributed by atoms with van der Waals surface area (Å²) in [6, 6.07) is 12.3. The zero-order valence-corrected chi connectivity index (χ0v) is 35.0. The summed E-state index contributed by atoms with van der Waals surface area (Å²) in [6.45, 7) is 7.74. The third-order valence-corrected chi connectivity index (χ3v) is 14.1. The monoisotopic (exact) mass is 839 g/mol. The van der Waals surface area contributed by atoms with Gasteiger partial charge < -0.3 is 14.7 Å². The van der Waals surface area contributed by atoms with E-state index >= 15 is 4.39 Å². The second-order valence-corrected chi connectivity index (χ2v) is 18.6. The van der Waals surface area contributed by atoms with Gasteiger partial charge in [-0.1, -0.05) is 25.1 Å². The molecule has 0 radical (unpaired) electrons. The van der Waals surface area contributed by atoms with E-state index in [1.165, 1.54) is 6.07 Å². The number of hydrogen-bond acceptors (Lipinski definition) is 10. The minimum atomic E-state index is -3.70. The number of imide groups is 1. The second-order valence-electron chi connectivity index (χ2n) is 16.7. The van der Waals surface area contributed by atoms with Crippen molar-refractivity contribution in [2.75, 3.05) is 61.2 Å². The zero-order chi connectivity index (χ0) is 41.8. The molecule has 0 aliphatic carbocycles. The van der Waals surface area contributed by atoms with Crippen LogP contribution in [0.5, 0.6) is 0 Å². The molecule has 1 aromatic carbocycles. The number of hydrogen-bond donors (Lipinski definition) is 2. The molecule has 3 aromatic heterocycles. The number of likely N-dealkylation sites (tertiary alicyclic amines) is 2. The summed E-state index contributed by atoms with van der Waals surface area (Å²) in [5.74, 6) is 0.228. The van der Waals surface area contributed by atoms with E-state index in [2.05, 4.69) is 29.8 Å². The normalized spacial score (nSPS) is 20.3. The Morgan fingerprint density at radius 3 is 2.33 bits per heavy atom. The summed E-state index contributed by atoms with van der Waals surface area (Å²) in [5.41, 5.74) is 2.91. The number of aromatic nitrogens is 4. The number of anilines is 2. The third kappa shape index (κ3) is 9.39. The molecule has 0 bridgehead atoms. The Hall–Kier alpha value is -5.22. The molecular weight excluding hydrogens is 786 g/mol. The van der Waals surface area contributed by atoms with Crippen molar-refractivity contribution >= 4 is 39.3 Å². The van der Waals surface area contributed by atoms with Gasteiger partial charge >= 0.3 is 0 Å². The average Bonchev–Trinajstić information content (AvgIpc) is 3.71. The maximum Gasteiger partial charge on any atom is 0.234 e. The summed E-state index contributed by atoms with van der Waals surface area (Å²) in [4.78, 5) is 53.3. The van der Waals surface area contributed by atoms with Gasteiger partial charge in [-0.25, -0.2) is 17.8 Å². The largest absolute Gasteiger partial charge is 0.357 e. The molecule has 4 fully saturated rings. The number of carbonyl (C=O) groups is 3. The standard InChI is InChI=1S/C44H54FN9O5S/c1-2-26-60(58,59)50-38-5-3-4-36(41(38)45)37-29-54(49-42(37)31-10-18-46-19-11-31)34-16-24-53(25-17-34)44(57)32-14-20-51(21-15-32)28-30-12-22-52(23-13-30)39-8-6-33(27-47-39)35-7-9-40(55)48-43(35)56/h3-6,8,10-11,18-19,27,29-30,32,34-35,50H,2,7,9,12-17,20-26,28H2,1H3,(H,48,55,56)/t35-/m1/s1. The van der Waals surface area contributed by atoms with Crippen LogP contribution in [-0.4, -0.2) is 107 Å². The SMILES string of the molecule is CCCS(=O)(=O)Nc1cccc(-c2cn(C3CCN(C(=O)C4CCN(CC5CCN(c6ccc([C@H]7CCC(=O)NC7=O)cn6)CC5)CC4)CC3)nc2-c2ccncc2)c1F. The summed E-state index contributed by atoms with van der Waals surface area (Å²) >= 11 is 0. The van der Waals surface area contributed by atoms with Crippen molar-refractivity contribution in [1.29, 1.82) is 0 Å². The van der Waals surface area contributed by atoms with Crippen LogP contribution in [0.4, 0.5) is 15.9 Å². The number of pyridine rings is 2. The molecule has 4 saturated heterocycles. The van der Waals surface area contributed by atoms with Gasteiger partial charge in [-0.15, -0.1) is 0 Å². The van der Waals surface area contributed by atoms with Crippen molar-refractivity contribution in [3.8, 4) is 22.4 Å². The van der Waals surface area contributed by atoms with Crippen LogP contribution >= 0.6 is 0 Å². The summed E-state index contributed by atoms with van der Waals surface area (Å²) in [7, 11) is -3.70. The molecule has 8 rings (SSSR count). The number of amides is 3. The molecule has 60 heavy (non-hydrogen) atoms. The van der Waals surface area contributed by atoms with Crippen LogP contribution < -0.4 is 14.9 Å². The van der Waals surface area contributed by atoms with Crippen molar-refractivity contribution < 1.29 is 27.2 Å². The molecule has 4 aliphatic rings. The highest BCUT2D eigenvalue weighted by Gasteiger charge is 2.34. The smallest absolute Gasteiger partial charge is 0.234 e. The molecule has 1 atom stereocenters. The van der Waals surface area contributed by atoms with Crippen molar-refractivity contribution in [2.45, 2.75) is 76.7 Å². The molecule has 2 N–H and O–H groups in total. The van der Waals surface area contributed by atoms with Gasteiger partial charge in [0, 0.05) is 86.5 Å². The van der Waals surface area contributed by atoms with E-state index in [-0.39, 0.29) is 52.6 Å². The number of rotatable bonds is 12. The predicted molar refractivity (Wildman–Crippen MR) is 227 cm³/mol. The number of benzene rings is 1. The van der Waals surface area contributed by atoms with Crippen LogP contribution in [0.1, 0.15) is 82.2 Å². The highest BCUT2D eigenvalue weighted by atomic mass is 32.2. The average molecular weight is 840 g/mol. The van der Waals surface area contributed by atoms with Crippen LogP contribution in [0.25, 0.3) is 22.4 Å². The Balaban J connectivity index is 0.821. The zero-order valence-electron chi connectivity index (χ0n) is 34.1. The summed E-state index contributed by atoms with van der Waals surface area (Å²) in [5, 5.41) is 7.39. The fourth-order valence-electron chi connectivity index (χ4n) is 9.29. The maximum absolute atomic E-state index is 16.0. The number of halogens is 1. The lowest BCUT2D eigenvalue weighted by molar-refractivity contribution is -0.138. The number of carbonyl (C=O) groups excluding carboxylic acids is 3. The quantitative estimate of drug-likeness (QED) is 0.172. The number of nitrogens with zero attached hydrogens (tertiary/aromatic N) is 7. The lowest BCUT2D eigenvalue weighted by atomic mass is 9.91. The highest BCUT2D eigenvalue weighted by Crippen LogP contribution is 2.37. The van der Waals surface area contributed by atoms with Crippen LogP contribution in [-0.2, 0) is 24.4 Å². The minimum absolute atomic E-state index is 0.0129. The van der Waals surface area contributed by atoms with E-state index in [1.807, 2.05) is 40.0 Å². The molecule has 4 aromatic rings. The topological polar surface area (TPSA) is 163 Å². The molecule has 0 unspecified atom stereocenters. The number of piperidine rings is 4. The highest BCUT2D eigenvalue weighted by molar-refractivity contribution is 7.92. The van der Waals surface area contributed by atoms with Gasteiger partial charge in [0.2, 0.25) is 27.7 Å². The van der Waals surface area contributed by atoms with Crippen molar-refractivity contribution in [3.05, 3.63) is 78.6 Å². The molecule has 4 aliphatic heterocycles. The lowest BCUT2D eigenvalue weighted by Crippen LogP contribution is -2.47. The van der Waals surface area contributed by atoms with Gasteiger partial charge in [-0.2, -0.15) is 5.10 Å². The molecule has 3 amide bonds. The number of nitrogens with one attached hydrogen (secondary N) is 2. The Morgan fingerprint density at radius 2 is 1.65 bits per heavy atom. The van der Waals surface area contributed by atoms with Gasteiger partial charge in [0.05, 0.1) is 23.4 Å². The predicted octanol–water partition coefficient (Wildman–Crippen LogP) is 5.61. The van der Waals surface area contributed by atoms with Crippen molar-refractivity contribution in [1.82, 2.24) is 34.9 Å². The first-order chi connectivity index (χ1) is 29.0. The van der Waals surface area contributed by atoms with E-state index in [0.717, 1.165) is 88.2 Å². The Bertz CT molecular complexity index is 2270. The van der Waals surface area contributed by atoms with Crippen LogP contribution in [0.3, 0.4) is 0 Å². The van der Waals surface area contributed by atoms with Crippen molar-refractivity contribution in [3.63, 3.8) is 0 Å². The summed E-state index contributed by atoms with van der Waals surface area (Å²) < 4.78 is 45.4. The van der Waals surface area contributed by atoms with Crippen LogP contribution in [0.2, 0.25) is 0 Å². The van der Waals surface area contributed by atoms with Gasteiger partial charge in [0.1, 0.15) is 11.5 Å². The molecule has 0 saturated carbocycles. The van der Waals surface area contributed by atoms with E-state index in [9.17, 15) is 22.8 Å². The first-order valence-corrected chi connectivity index (χ1v) is 23.0. The van der Waals surface area contributed by atoms with E-state index in [4.69, 9.17) is 5.10 Å². The van der Waals surface area contributed by atoms with Crippen LogP contribution in [0.15, 0.2) is 67.3 Å². The molecule has 14 nitrogen and oxygen atoms in total. The summed E-state index contributed by atoms with van der Waals surface area (Å²) in [6.07, 6.45) is 13.6. The molecular formula is C44H54FN9O5S. The first-order valence-electron chi connectivity index (χ1n) is 21.4. The Labute approximate surface area is 351 Å². The molecule has 7 heterocycles.